The second-order valence-corrected chi connectivity index (χ2v) is 6.77. The normalized spacial score (nSPS) is 17.8. The molecule has 0 N–H and O–H groups in total. The SMILES string of the molecule is COCCn1cc(CN2CC(N(C)C)CCc3ccccc32)cn1. The molecule has 0 saturated heterocycles. The van der Waals surface area contributed by atoms with E-state index in [1.165, 1.54) is 23.2 Å². The molecule has 0 spiro atoms. The molecule has 1 unspecified atom stereocenters. The van der Waals surface area contributed by atoms with Crippen LogP contribution in [0.1, 0.15) is 17.5 Å². The maximum atomic E-state index is 5.13. The monoisotopic (exact) mass is 328 g/mol. The predicted molar refractivity (Wildman–Crippen MR) is 97.4 cm³/mol. The van der Waals surface area contributed by atoms with Crippen molar-refractivity contribution in [2.75, 3.05) is 39.3 Å². The van der Waals surface area contributed by atoms with Gasteiger partial charge in [0.25, 0.3) is 0 Å². The lowest BCUT2D eigenvalue weighted by molar-refractivity contribution is 0.183. The van der Waals surface area contributed by atoms with Crippen molar-refractivity contribution in [1.29, 1.82) is 0 Å². The van der Waals surface area contributed by atoms with Crippen molar-refractivity contribution in [3.8, 4) is 0 Å². The number of likely N-dealkylation sites (N-methyl/N-ethyl adjacent to an activating group) is 1. The van der Waals surface area contributed by atoms with E-state index in [1.807, 2.05) is 10.9 Å². The average molecular weight is 328 g/mol. The molecule has 2 aromatic rings. The molecule has 1 aliphatic heterocycles. The Bertz CT molecular complexity index is 652. The fourth-order valence-corrected chi connectivity index (χ4v) is 3.38. The molecule has 0 saturated carbocycles. The highest BCUT2D eigenvalue weighted by atomic mass is 16.5. The van der Waals surface area contributed by atoms with Crippen molar-refractivity contribution < 1.29 is 4.74 Å². The Morgan fingerprint density at radius 3 is 2.92 bits per heavy atom. The summed E-state index contributed by atoms with van der Waals surface area (Å²) >= 11 is 0. The van der Waals surface area contributed by atoms with Gasteiger partial charge in [-0.1, -0.05) is 18.2 Å². The lowest BCUT2D eigenvalue weighted by atomic mass is 10.1. The van der Waals surface area contributed by atoms with Gasteiger partial charge in [-0.15, -0.1) is 0 Å². The number of hydrogen-bond donors (Lipinski definition) is 0. The molecule has 0 amide bonds. The first-order valence-corrected chi connectivity index (χ1v) is 8.67. The third-order valence-electron chi connectivity index (χ3n) is 4.83. The largest absolute Gasteiger partial charge is 0.383 e. The first kappa shape index (κ1) is 17.0. The van der Waals surface area contributed by atoms with Crippen LogP contribution >= 0.6 is 0 Å². The second-order valence-electron chi connectivity index (χ2n) is 6.77. The lowest BCUT2D eigenvalue weighted by Gasteiger charge is -2.30. The van der Waals surface area contributed by atoms with Crippen LogP contribution in [-0.2, 0) is 24.2 Å². The van der Waals surface area contributed by atoms with Crippen molar-refractivity contribution >= 4 is 5.69 Å². The van der Waals surface area contributed by atoms with E-state index in [2.05, 4.69) is 59.5 Å². The zero-order valence-electron chi connectivity index (χ0n) is 15.0. The Kier molecular flexibility index (Phi) is 5.53. The zero-order chi connectivity index (χ0) is 16.9. The molecule has 24 heavy (non-hydrogen) atoms. The minimum Gasteiger partial charge on any atom is -0.383 e. The van der Waals surface area contributed by atoms with E-state index in [0.717, 1.165) is 26.1 Å². The second kappa shape index (κ2) is 7.81. The van der Waals surface area contributed by atoms with Gasteiger partial charge in [-0.25, -0.2) is 0 Å². The summed E-state index contributed by atoms with van der Waals surface area (Å²) < 4.78 is 7.10. The van der Waals surface area contributed by atoms with E-state index < -0.39 is 0 Å². The molecule has 1 aromatic heterocycles. The summed E-state index contributed by atoms with van der Waals surface area (Å²) in [6, 6.07) is 9.38. The fourth-order valence-electron chi connectivity index (χ4n) is 3.38. The average Bonchev–Trinajstić information content (AvgIpc) is 2.94. The summed E-state index contributed by atoms with van der Waals surface area (Å²) in [7, 11) is 6.09. The summed E-state index contributed by atoms with van der Waals surface area (Å²) in [4.78, 5) is 4.85. The fraction of sp³-hybridized carbons (Fsp3) is 0.526. The zero-order valence-corrected chi connectivity index (χ0v) is 15.0. The van der Waals surface area contributed by atoms with Crippen LogP contribution in [0.25, 0.3) is 0 Å². The summed E-state index contributed by atoms with van der Waals surface area (Å²) in [5, 5.41) is 4.45. The van der Waals surface area contributed by atoms with Gasteiger partial charge >= 0.3 is 0 Å². The van der Waals surface area contributed by atoms with Crippen molar-refractivity contribution in [2.45, 2.75) is 32.0 Å². The first-order valence-electron chi connectivity index (χ1n) is 8.67. The number of aryl methyl sites for hydroxylation is 1. The van der Waals surface area contributed by atoms with Crippen molar-refractivity contribution in [2.24, 2.45) is 0 Å². The quantitative estimate of drug-likeness (QED) is 0.815. The molecule has 0 radical (unpaired) electrons. The molecule has 1 aromatic carbocycles. The molecular formula is C19H28N4O. The third-order valence-corrected chi connectivity index (χ3v) is 4.83. The van der Waals surface area contributed by atoms with Gasteiger partial charge in [0, 0.05) is 43.7 Å². The number of para-hydroxylation sites is 1. The first-order chi connectivity index (χ1) is 11.7. The Balaban J connectivity index is 1.79. The lowest BCUT2D eigenvalue weighted by Crippen LogP contribution is -2.39. The van der Waals surface area contributed by atoms with Crippen molar-refractivity contribution in [3.05, 3.63) is 47.8 Å². The number of methoxy groups -OCH3 is 1. The van der Waals surface area contributed by atoms with Crippen LogP contribution < -0.4 is 4.90 Å². The molecule has 1 aliphatic rings. The highest BCUT2D eigenvalue weighted by Gasteiger charge is 2.23. The summed E-state index contributed by atoms with van der Waals surface area (Å²) in [5.41, 5.74) is 4.07. The predicted octanol–water partition coefficient (Wildman–Crippen LogP) is 2.41. The van der Waals surface area contributed by atoms with Crippen LogP contribution in [-0.4, -0.2) is 55.1 Å². The third kappa shape index (κ3) is 3.97. The number of rotatable bonds is 6. The van der Waals surface area contributed by atoms with E-state index in [1.54, 1.807) is 7.11 Å². The number of anilines is 1. The number of benzene rings is 1. The number of fused-ring (bicyclic) bond motifs is 1. The van der Waals surface area contributed by atoms with Crippen LogP contribution in [0, 0.1) is 0 Å². The molecule has 3 rings (SSSR count). The maximum Gasteiger partial charge on any atom is 0.0658 e. The Morgan fingerprint density at radius 1 is 1.29 bits per heavy atom. The van der Waals surface area contributed by atoms with Gasteiger partial charge in [-0.05, 0) is 38.6 Å². The van der Waals surface area contributed by atoms with Gasteiger partial charge in [-0.2, -0.15) is 5.10 Å². The minimum atomic E-state index is 0.570. The van der Waals surface area contributed by atoms with Crippen LogP contribution in [0.3, 0.4) is 0 Å². The van der Waals surface area contributed by atoms with Crippen LogP contribution in [0.4, 0.5) is 5.69 Å². The number of nitrogens with zero attached hydrogens (tertiary/aromatic N) is 4. The Hall–Kier alpha value is -1.85. The molecule has 0 bridgehead atoms. The standard InChI is InChI=1S/C19H28N4O/c1-21(2)18-9-8-17-6-4-5-7-19(17)22(15-18)13-16-12-20-23(14-16)10-11-24-3/h4-7,12,14,18H,8-11,13,15H2,1-3H3. The smallest absolute Gasteiger partial charge is 0.0658 e. The van der Waals surface area contributed by atoms with Gasteiger partial charge in [0.2, 0.25) is 0 Å². The molecule has 2 heterocycles. The molecule has 0 aliphatic carbocycles. The molecular weight excluding hydrogens is 300 g/mol. The molecule has 5 heteroatoms. The van der Waals surface area contributed by atoms with E-state index in [-0.39, 0.29) is 0 Å². The summed E-state index contributed by atoms with van der Waals surface area (Å²) in [6.07, 6.45) is 6.46. The summed E-state index contributed by atoms with van der Waals surface area (Å²) in [5.74, 6) is 0. The number of aromatic nitrogens is 2. The van der Waals surface area contributed by atoms with E-state index in [4.69, 9.17) is 4.74 Å². The minimum absolute atomic E-state index is 0.570. The Labute approximate surface area is 144 Å². The van der Waals surface area contributed by atoms with Crippen LogP contribution in [0.2, 0.25) is 0 Å². The number of hydrogen-bond acceptors (Lipinski definition) is 4. The highest BCUT2D eigenvalue weighted by Crippen LogP contribution is 2.28. The summed E-state index contributed by atoms with van der Waals surface area (Å²) in [6.45, 7) is 3.44. The van der Waals surface area contributed by atoms with E-state index in [9.17, 15) is 0 Å². The molecule has 0 fully saturated rings. The van der Waals surface area contributed by atoms with Crippen molar-refractivity contribution in [1.82, 2.24) is 14.7 Å². The van der Waals surface area contributed by atoms with Gasteiger partial charge < -0.3 is 14.5 Å². The van der Waals surface area contributed by atoms with Crippen molar-refractivity contribution in [3.63, 3.8) is 0 Å². The van der Waals surface area contributed by atoms with Crippen LogP contribution in [0.5, 0.6) is 0 Å². The van der Waals surface area contributed by atoms with E-state index >= 15 is 0 Å². The molecule has 1 atom stereocenters. The van der Waals surface area contributed by atoms with Gasteiger partial charge in [0.05, 0.1) is 19.3 Å². The molecule has 130 valence electrons. The van der Waals surface area contributed by atoms with E-state index in [0.29, 0.717) is 12.6 Å². The Morgan fingerprint density at radius 2 is 2.12 bits per heavy atom. The van der Waals surface area contributed by atoms with Gasteiger partial charge in [0.1, 0.15) is 0 Å². The van der Waals surface area contributed by atoms with Gasteiger partial charge in [0.15, 0.2) is 0 Å². The number of ether oxygens (including phenoxy) is 1. The van der Waals surface area contributed by atoms with Crippen LogP contribution in [0.15, 0.2) is 36.7 Å². The van der Waals surface area contributed by atoms with Gasteiger partial charge in [-0.3, -0.25) is 4.68 Å². The molecule has 5 nitrogen and oxygen atoms in total. The maximum absolute atomic E-state index is 5.13. The highest BCUT2D eigenvalue weighted by molar-refractivity contribution is 5.55. The topological polar surface area (TPSA) is 33.5 Å².